The molecule has 1 aliphatic heterocycles. The van der Waals surface area contributed by atoms with Gasteiger partial charge >= 0.3 is 0 Å². The molecule has 1 aromatic heterocycles. The first-order valence-electron chi connectivity index (χ1n) is 11.1. The number of aryl methyl sites for hydroxylation is 1. The van der Waals surface area contributed by atoms with E-state index in [1.165, 1.54) is 16.4 Å². The number of carbonyl (C=O) groups is 1. The minimum Gasteiger partial charge on any atom is -0.322 e. The van der Waals surface area contributed by atoms with E-state index >= 15 is 0 Å². The molecule has 1 saturated carbocycles. The number of carbonyl (C=O) groups excluding carboxylic acids is 1. The molecule has 2 aliphatic rings. The molecule has 1 aliphatic carbocycles. The number of hydrogen-bond acceptors (Lipinski definition) is 4. The predicted octanol–water partition coefficient (Wildman–Crippen LogP) is 4.75. The van der Waals surface area contributed by atoms with Crippen molar-refractivity contribution < 1.29 is 13.2 Å². The second kappa shape index (κ2) is 8.59. The number of nitrogens with zero attached hydrogens (tertiary/aromatic N) is 3. The number of benzene rings is 2. The van der Waals surface area contributed by atoms with E-state index < -0.39 is 10.0 Å². The lowest BCUT2D eigenvalue weighted by Gasteiger charge is -2.17. The van der Waals surface area contributed by atoms with Crippen molar-refractivity contribution in [3.8, 4) is 5.69 Å². The molecule has 9 heteroatoms. The summed E-state index contributed by atoms with van der Waals surface area (Å²) in [6, 6.07) is 12.5. The van der Waals surface area contributed by atoms with Crippen LogP contribution in [0.5, 0.6) is 0 Å². The minimum atomic E-state index is -3.71. The average molecular weight is 485 g/mol. The summed E-state index contributed by atoms with van der Waals surface area (Å²) in [6.07, 6.45) is 5.28. The van der Waals surface area contributed by atoms with Crippen molar-refractivity contribution in [1.82, 2.24) is 14.1 Å². The van der Waals surface area contributed by atoms with E-state index in [9.17, 15) is 13.2 Å². The second-order valence-electron chi connectivity index (χ2n) is 8.63. The Hall–Kier alpha value is -2.68. The van der Waals surface area contributed by atoms with E-state index in [1.807, 2.05) is 35.9 Å². The third-order valence-electron chi connectivity index (χ3n) is 6.23. The summed E-state index contributed by atoms with van der Waals surface area (Å²) < 4.78 is 29.3. The molecule has 0 radical (unpaired) electrons. The highest BCUT2D eigenvalue weighted by molar-refractivity contribution is 7.89. The molecule has 2 aromatic carbocycles. The lowest BCUT2D eigenvalue weighted by molar-refractivity contribution is 0.102. The maximum absolute atomic E-state index is 13.2. The van der Waals surface area contributed by atoms with E-state index in [0.717, 1.165) is 42.6 Å². The van der Waals surface area contributed by atoms with E-state index in [1.54, 1.807) is 12.3 Å². The Bertz CT molecular complexity index is 1330. The standard InChI is InChI=1S/C24H25ClN4O3S/c1-16-6-2-3-7-21(16)29-23(17-8-9-17)19(15-26-29)24(30)27-18-10-11-20(25)22(14-18)33(31,32)28-12-4-5-13-28/h2-3,6-7,10-11,14-15,17H,4-5,8-9,12-13H2,1H3,(H,27,30). The maximum atomic E-state index is 13.2. The van der Waals surface area contributed by atoms with Crippen molar-refractivity contribution in [2.24, 2.45) is 0 Å². The summed E-state index contributed by atoms with van der Waals surface area (Å²) in [6.45, 7) is 2.99. The summed E-state index contributed by atoms with van der Waals surface area (Å²) >= 11 is 6.24. The maximum Gasteiger partial charge on any atom is 0.259 e. The van der Waals surface area contributed by atoms with Gasteiger partial charge in [-0.1, -0.05) is 29.8 Å². The van der Waals surface area contributed by atoms with Gasteiger partial charge in [-0.3, -0.25) is 4.79 Å². The highest BCUT2D eigenvalue weighted by atomic mass is 35.5. The molecule has 0 spiro atoms. The van der Waals surface area contributed by atoms with Gasteiger partial charge in [-0.2, -0.15) is 9.40 Å². The molecule has 3 aromatic rings. The third-order valence-corrected chi connectivity index (χ3v) is 8.61. The number of amides is 1. The molecule has 7 nitrogen and oxygen atoms in total. The van der Waals surface area contributed by atoms with Crippen molar-refractivity contribution in [3.63, 3.8) is 0 Å². The molecule has 1 saturated heterocycles. The number of para-hydroxylation sites is 1. The molecular weight excluding hydrogens is 460 g/mol. The fraction of sp³-hybridized carbons (Fsp3) is 0.333. The number of sulfonamides is 1. The Kier molecular flexibility index (Phi) is 5.76. The first kappa shape index (κ1) is 22.1. The van der Waals surface area contributed by atoms with Crippen LogP contribution in [0.4, 0.5) is 5.69 Å². The Morgan fingerprint density at radius 3 is 2.55 bits per heavy atom. The Labute approximate surface area is 198 Å². The van der Waals surface area contributed by atoms with Crippen LogP contribution in [-0.2, 0) is 10.0 Å². The van der Waals surface area contributed by atoms with Gasteiger partial charge in [-0.05, 0) is 62.4 Å². The van der Waals surface area contributed by atoms with Crippen molar-refractivity contribution in [1.29, 1.82) is 0 Å². The fourth-order valence-corrected chi connectivity index (χ4v) is 6.34. The Morgan fingerprint density at radius 2 is 1.85 bits per heavy atom. The summed E-state index contributed by atoms with van der Waals surface area (Å²) in [5.41, 5.74) is 3.79. The fourth-order valence-electron chi connectivity index (χ4n) is 4.32. The first-order valence-corrected chi connectivity index (χ1v) is 12.9. The minimum absolute atomic E-state index is 0.0156. The van der Waals surface area contributed by atoms with Crippen LogP contribution >= 0.6 is 11.6 Å². The topological polar surface area (TPSA) is 84.3 Å². The van der Waals surface area contributed by atoms with Gasteiger partial charge in [0.05, 0.1) is 28.2 Å². The van der Waals surface area contributed by atoms with Gasteiger partial charge in [0.1, 0.15) is 4.90 Å². The quantitative estimate of drug-likeness (QED) is 0.547. The molecule has 2 heterocycles. The summed E-state index contributed by atoms with van der Waals surface area (Å²) in [7, 11) is -3.71. The van der Waals surface area contributed by atoms with Crippen LogP contribution in [0, 0.1) is 6.92 Å². The smallest absolute Gasteiger partial charge is 0.259 e. The highest BCUT2D eigenvalue weighted by Gasteiger charge is 2.34. The zero-order chi connectivity index (χ0) is 23.2. The van der Waals surface area contributed by atoms with Gasteiger partial charge in [0.15, 0.2) is 0 Å². The average Bonchev–Trinajstić information content (AvgIpc) is 3.29. The number of halogens is 1. The van der Waals surface area contributed by atoms with Crippen LogP contribution in [0.25, 0.3) is 5.69 Å². The van der Waals surface area contributed by atoms with E-state index in [0.29, 0.717) is 24.3 Å². The number of hydrogen-bond donors (Lipinski definition) is 1. The molecule has 0 atom stereocenters. The second-order valence-corrected chi connectivity index (χ2v) is 10.9. The Balaban J connectivity index is 1.46. The summed E-state index contributed by atoms with van der Waals surface area (Å²) in [5, 5.41) is 7.53. The summed E-state index contributed by atoms with van der Waals surface area (Å²) in [4.78, 5) is 13.3. The molecule has 0 bridgehead atoms. The SMILES string of the molecule is Cc1ccccc1-n1ncc(C(=O)Nc2ccc(Cl)c(S(=O)(=O)N3CCCC3)c2)c1C1CC1. The van der Waals surface area contributed by atoms with Crippen molar-refractivity contribution in [3.05, 3.63) is 70.5 Å². The van der Waals surface area contributed by atoms with Crippen LogP contribution in [0.3, 0.4) is 0 Å². The summed E-state index contributed by atoms with van der Waals surface area (Å²) in [5.74, 6) is -0.0345. The Morgan fingerprint density at radius 1 is 1.12 bits per heavy atom. The largest absolute Gasteiger partial charge is 0.322 e. The molecule has 172 valence electrons. The van der Waals surface area contributed by atoms with Gasteiger partial charge in [-0.15, -0.1) is 0 Å². The first-order chi connectivity index (χ1) is 15.9. The van der Waals surface area contributed by atoms with Crippen molar-refractivity contribution in [2.45, 2.75) is 43.4 Å². The normalized spacial score (nSPS) is 16.8. The zero-order valence-electron chi connectivity index (χ0n) is 18.3. The third kappa shape index (κ3) is 4.18. The van der Waals surface area contributed by atoms with Gasteiger partial charge in [0.2, 0.25) is 10.0 Å². The molecule has 5 rings (SSSR count). The van der Waals surface area contributed by atoms with Crippen LogP contribution in [-0.4, -0.2) is 41.5 Å². The molecular formula is C24H25ClN4O3S. The van der Waals surface area contributed by atoms with Gasteiger partial charge < -0.3 is 5.32 Å². The lowest BCUT2D eigenvalue weighted by Crippen LogP contribution is -2.28. The number of anilines is 1. The monoisotopic (exact) mass is 484 g/mol. The van der Waals surface area contributed by atoms with Crippen molar-refractivity contribution >= 4 is 33.2 Å². The van der Waals surface area contributed by atoms with E-state index in [-0.39, 0.29) is 21.7 Å². The van der Waals surface area contributed by atoms with Crippen LogP contribution in [0.1, 0.15) is 53.2 Å². The number of aromatic nitrogens is 2. The zero-order valence-corrected chi connectivity index (χ0v) is 19.9. The predicted molar refractivity (Wildman–Crippen MR) is 128 cm³/mol. The lowest BCUT2D eigenvalue weighted by atomic mass is 10.1. The molecule has 1 amide bonds. The van der Waals surface area contributed by atoms with E-state index in [4.69, 9.17) is 11.6 Å². The van der Waals surface area contributed by atoms with Crippen LogP contribution < -0.4 is 5.32 Å². The highest BCUT2D eigenvalue weighted by Crippen LogP contribution is 2.43. The van der Waals surface area contributed by atoms with Gasteiger partial charge in [0, 0.05) is 24.7 Å². The van der Waals surface area contributed by atoms with E-state index in [2.05, 4.69) is 10.4 Å². The molecule has 0 unspecified atom stereocenters. The van der Waals surface area contributed by atoms with Gasteiger partial charge in [-0.25, -0.2) is 13.1 Å². The molecule has 2 fully saturated rings. The number of nitrogens with one attached hydrogen (secondary N) is 1. The van der Waals surface area contributed by atoms with Crippen LogP contribution in [0.2, 0.25) is 5.02 Å². The van der Waals surface area contributed by atoms with Crippen molar-refractivity contribution in [2.75, 3.05) is 18.4 Å². The van der Waals surface area contributed by atoms with Gasteiger partial charge in [0.25, 0.3) is 5.91 Å². The number of rotatable bonds is 6. The van der Waals surface area contributed by atoms with Crippen LogP contribution in [0.15, 0.2) is 53.6 Å². The molecule has 33 heavy (non-hydrogen) atoms. The molecule has 1 N–H and O–H groups in total.